The fraction of sp³-hybridized carbons (Fsp3) is 0.357. The number of amides is 1. The van der Waals surface area contributed by atoms with Crippen molar-refractivity contribution < 1.29 is 18.3 Å². The highest BCUT2D eigenvalue weighted by atomic mass is 35.5. The van der Waals surface area contributed by atoms with E-state index in [4.69, 9.17) is 16.3 Å². The van der Waals surface area contributed by atoms with Crippen molar-refractivity contribution in [2.24, 2.45) is 0 Å². The number of hydrogen-bond donors (Lipinski definition) is 1. The van der Waals surface area contributed by atoms with Crippen LogP contribution in [-0.4, -0.2) is 43.6 Å². The van der Waals surface area contributed by atoms with Gasteiger partial charge in [-0.05, 0) is 73.4 Å². The lowest BCUT2D eigenvalue weighted by molar-refractivity contribution is 0.0473. The highest BCUT2D eigenvalue weighted by Crippen LogP contribution is 2.39. The average molecular weight is 554 g/mol. The second kappa shape index (κ2) is 10.4. The minimum atomic E-state index is -0.885. The van der Waals surface area contributed by atoms with Crippen molar-refractivity contribution in [1.82, 2.24) is 24.4 Å². The van der Waals surface area contributed by atoms with Gasteiger partial charge in [-0.2, -0.15) is 0 Å². The summed E-state index contributed by atoms with van der Waals surface area (Å²) < 4.78 is 36.3. The van der Waals surface area contributed by atoms with E-state index in [1.165, 1.54) is 6.07 Å². The number of likely N-dealkylation sites (tertiary alicyclic amines) is 1. The summed E-state index contributed by atoms with van der Waals surface area (Å²) in [6.45, 7) is 0.838. The van der Waals surface area contributed by atoms with E-state index >= 15 is 0 Å². The molecule has 1 aromatic carbocycles. The fourth-order valence-corrected chi connectivity index (χ4v) is 5.98. The van der Waals surface area contributed by atoms with Gasteiger partial charge in [-0.25, -0.2) is 28.3 Å². The minimum Gasteiger partial charge on any atom is -0.440 e. The van der Waals surface area contributed by atoms with Crippen LogP contribution < -0.4 is 5.69 Å². The molecular formula is C28H26ClF2N5O3. The maximum atomic E-state index is 14.6. The van der Waals surface area contributed by atoms with Crippen molar-refractivity contribution in [1.29, 1.82) is 0 Å². The highest BCUT2D eigenvalue weighted by Gasteiger charge is 2.33. The maximum Gasteiger partial charge on any atom is 0.410 e. The molecule has 3 aromatic heterocycles. The van der Waals surface area contributed by atoms with Crippen molar-refractivity contribution in [3.05, 3.63) is 92.8 Å². The molecule has 2 unspecified atom stereocenters. The average Bonchev–Trinajstić information content (AvgIpc) is 3.18. The van der Waals surface area contributed by atoms with Gasteiger partial charge in [0, 0.05) is 25.3 Å². The van der Waals surface area contributed by atoms with E-state index in [0.717, 1.165) is 17.1 Å². The van der Waals surface area contributed by atoms with Crippen LogP contribution in [0.25, 0.3) is 11.2 Å². The number of fused-ring (bicyclic) bond motifs is 2. The molecule has 4 aromatic rings. The predicted molar refractivity (Wildman–Crippen MR) is 141 cm³/mol. The second-order valence-electron chi connectivity index (χ2n) is 10.1. The highest BCUT2D eigenvalue weighted by molar-refractivity contribution is 6.29. The van der Waals surface area contributed by atoms with Crippen molar-refractivity contribution >= 4 is 28.9 Å². The van der Waals surface area contributed by atoms with Crippen LogP contribution >= 0.6 is 11.6 Å². The third-order valence-corrected chi connectivity index (χ3v) is 7.98. The zero-order chi connectivity index (χ0) is 27.1. The standard InChI is InChI=1S/C28H26ClF2N5O3/c29-23-9-7-17-15-16(19-3-1-4-20(30)24(19)31)6-8-22(25(17)33-23)39-28(38)35-13-10-18(11-14-35)36-21-5-2-12-32-26(21)34-27(36)37/h1-5,7,9,12,16,18,22H,6,8,10-11,13-15H2,(H,32,34,37). The van der Waals surface area contributed by atoms with E-state index in [1.54, 1.807) is 39.9 Å². The molecule has 1 amide bonds. The molecule has 1 saturated heterocycles. The van der Waals surface area contributed by atoms with Crippen LogP contribution in [0.4, 0.5) is 13.6 Å². The molecule has 0 bridgehead atoms. The Morgan fingerprint density at radius 1 is 1.05 bits per heavy atom. The Bertz CT molecular complexity index is 1600. The number of pyridine rings is 2. The molecule has 1 fully saturated rings. The van der Waals surface area contributed by atoms with E-state index in [-0.39, 0.29) is 22.8 Å². The zero-order valence-corrected chi connectivity index (χ0v) is 21.7. The molecule has 6 rings (SSSR count). The first-order valence-corrected chi connectivity index (χ1v) is 13.4. The Balaban J connectivity index is 1.17. The third kappa shape index (κ3) is 4.89. The Morgan fingerprint density at radius 3 is 2.69 bits per heavy atom. The van der Waals surface area contributed by atoms with Gasteiger partial charge in [-0.15, -0.1) is 0 Å². The molecule has 8 nitrogen and oxygen atoms in total. The number of aromatic nitrogens is 4. The Morgan fingerprint density at radius 2 is 1.87 bits per heavy atom. The van der Waals surface area contributed by atoms with Crippen molar-refractivity contribution in [3.8, 4) is 0 Å². The molecule has 0 saturated carbocycles. The molecule has 1 aliphatic heterocycles. The third-order valence-electron chi connectivity index (χ3n) is 7.77. The number of nitrogens with zero attached hydrogens (tertiary/aromatic N) is 4. The number of hydrogen-bond acceptors (Lipinski definition) is 5. The maximum absolute atomic E-state index is 14.6. The number of nitrogens with one attached hydrogen (secondary N) is 1. The number of rotatable bonds is 3. The Labute approximate surface area is 227 Å². The number of benzene rings is 1. The van der Waals surface area contributed by atoms with Gasteiger partial charge in [-0.3, -0.25) is 9.55 Å². The molecule has 2 aliphatic rings. The van der Waals surface area contributed by atoms with Gasteiger partial charge >= 0.3 is 11.8 Å². The molecule has 1 N–H and O–H groups in total. The number of piperidine rings is 1. The van der Waals surface area contributed by atoms with E-state index in [2.05, 4.69) is 15.0 Å². The number of H-pyrrole nitrogens is 1. The lowest BCUT2D eigenvalue weighted by Crippen LogP contribution is -2.41. The summed E-state index contributed by atoms with van der Waals surface area (Å²) in [5.41, 5.74) is 2.70. The van der Waals surface area contributed by atoms with E-state index < -0.39 is 23.8 Å². The normalized spacial score (nSPS) is 20.0. The van der Waals surface area contributed by atoms with Crippen LogP contribution in [0.5, 0.6) is 0 Å². The summed E-state index contributed by atoms with van der Waals surface area (Å²) in [6, 6.07) is 11.2. The molecular weight excluding hydrogens is 528 g/mol. The number of halogens is 3. The van der Waals surface area contributed by atoms with Crippen LogP contribution in [0.1, 0.15) is 60.6 Å². The molecule has 4 heterocycles. The number of carbonyl (C=O) groups is 1. The van der Waals surface area contributed by atoms with Crippen molar-refractivity contribution in [3.63, 3.8) is 0 Å². The van der Waals surface area contributed by atoms with Crippen molar-refractivity contribution in [2.45, 2.75) is 50.2 Å². The number of ether oxygens (including phenoxy) is 1. The number of carbonyl (C=O) groups excluding carboxylic acids is 1. The van der Waals surface area contributed by atoms with Crippen LogP contribution in [0.2, 0.25) is 5.15 Å². The number of aromatic amines is 1. The van der Waals surface area contributed by atoms with Gasteiger partial charge in [0.1, 0.15) is 11.3 Å². The predicted octanol–water partition coefficient (Wildman–Crippen LogP) is 5.69. The summed E-state index contributed by atoms with van der Waals surface area (Å²) in [5, 5.41) is 0.268. The van der Waals surface area contributed by atoms with Gasteiger partial charge in [-0.1, -0.05) is 29.8 Å². The lowest BCUT2D eigenvalue weighted by atomic mass is 9.90. The summed E-state index contributed by atoms with van der Waals surface area (Å²) in [7, 11) is 0. The summed E-state index contributed by atoms with van der Waals surface area (Å²) in [4.78, 5) is 38.9. The molecule has 11 heteroatoms. The smallest absolute Gasteiger partial charge is 0.410 e. The SMILES string of the molecule is O=C(OC1CCC(c2cccc(F)c2F)Cc2ccc(Cl)nc21)N1CCC(n2c(=O)[nH]c3ncccc32)CC1. The lowest BCUT2D eigenvalue weighted by Gasteiger charge is -2.33. The molecule has 1 aliphatic carbocycles. The van der Waals surface area contributed by atoms with E-state index in [0.29, 0.717) is 62.1 Å². The van der Waals surface area contributed by atoms with Crippen LogP contribution in [0, 0.1) is 11.6 Å². The van der Waals surface area contributed by atoms with Gasteiger partial charge in [0.25, 0.3) is 0 Å². The number of imidazole rings is 1. The monoisotopic (exact) mass is 553 g/mol. The first-order chi connectivity index (χ1) is 18.9. The fourth-order valence-electron chi connectivity index (χ4n) is 5.83. The molecule has 0 spiro atoms. The largest absolute Gasteiger partial charge is 0.440 e. The topological polar surface area (TPSA) is 93.1 Å². The molecule has 202 valence electrons. The van der Waals surface area contributed by atoms with Gasteiger partial charge in [0.15, 0.2) is 17.3 Å². The summed E-state index contributed by atoms with van der Waals surface area (Å²) in [5.74, 6) is -2.04. The first-order valence-electron chi connectivity index (χ1n) is 13.0. The van der Waals surface area contributed by atoms with E-state index in [1.807, 2.05) is 6.07 Å². The zero-order valence-electron chi connectivity index (χ0n) is 20.9. The molecule has 2 atom stereocenters. The minimum absolute atomic E-state index is 0.0690. The van der Waals surface area contributed by atoms with E-state index in [9.17, 15) is 18.4 Å². The molecule has 0 radical (unpaired) electrons. The second-order valence-corrected chi connectivity index (χ2v) is 10.4. The van der Waals surface area contributed by atoms with Crippen LogP contribution in [-0.2, 0) is 11.2 Å². The quantitative estimate of drug-likeness (QED) is 0.260. The Hall–Kier alpha value is -3.79. The van der Waals surface area contributed by atoms with Crippen LogP contribution in [0.3, 0.4) is 0 Å². The molecule has 39 heavy (non-hydrogen) atoms. The van der Waals surface area contributed by atoms with Gasteiger partial charge < -0.3 is 9.64 Å². The van der Waals surface area contributed by atoms with Gasteiger partial charge in [0.05, 0.1) is 11.2 Å². The van der Waals surface area contributed by atoms with Crippen LogP contribution in [0.15, 0.2) is 53.5 Å². The Kier molecular flexibility index (Phi) is 6.80. The summed E-state index contributed by atoms with van der Waals surface area (Å²) >= 11 is 6.19. The first kappa shape index (κ1) is 25.5. The van der Waals surface area contributed by atoms with Gasteiger partial charge in [0.2, 0.25) is 0 Å². The van der Waals surface area contributed by atoms with Crippen molar-refractivity contribution in [2.75, 3.05) is 13.1 Å². The summed E-state index contributed by atoms with van der Waals surface area (Å²) in [6.07, 6.45) is 2.94.